The van der Waals surface area contributed by atoms with Crippen LogP contribution in [0.5, 0.6) is 5.75 Å². The smallest absolute Gasteiger partial charge is 0.222 e. The molecule has 16 heavy (non-hydrogen) atoms. The van der Waals surface area contributed by atoms with Crippen LogP contribution in [0.4, 0.5) is 0 Å². The van der Waals surface area contributed by atoms with Gasteiger partial charge in [-0.2, -0.15) is 0 Å². The van der Waals surface area contributed by atoms with Crippen molar-refractivity contribution in [3.63, 3.8) is 0 Å². The standard InChI is InChI=1S/C12H13NO3/c1-9(14)10-2-4-11(5-3-10)16-8-12-13-6-7-15-12/h2-5H,6-8H2,1H3. The Hall–Kier alpha value is -1.84. The maximum Gasteiger partial charge on any atom is 0.222 e. The summed E-state index contributed by atoms with van der Waals surface area (Å²) in [4.78, 5) is 15.2. The Labute approximate surface area is 93.9 Å². The zero-order valence-corrected chi connectivity index (χ0v) is 9.10. The fourth-order valence-corrected chi connectivity index (χ4v) is 1.40. The number of hydrogen-bond donors (Lipinski definition) is 0. The Balaban J connectivity index is 1.92. The second-order valence-electron chi connectivity index (χ2n) is 3.49. The summed E-state index contributed by atoms with van der Waals surface area (Å²) in [5.74, 6) is 1.40. The highest BCUT2D eigenvalue weighted by Crippen LogP contribution is 2.12. The number of carbonyl (C=O) groups excluding carboxylic acids is 1. The molecule has 84 valence electrons. The highest BCUT2D eigenvalue weighted by Gasteiger charge is 2.07. The van der Waals surface area contributed by atoms with E-state index in [1.54, 1.807) is 24.3 Å². The van der Waals surface area contributed by atoms with Gasteiger partial charge in [-0.1, -0.05) is 0 Å². The molecule has 0 unspecified atom stereocenters. The molecular weight excluding hydrogens is 206 g/mol. The van der Waals surface area contributed by atoms with E-state index in [0.717, 1.165) is 0 Å². The van der Waals surface area contributed by atoms with Crippen LogP contribution in [-0.2, 0) is 4.74 Å². The lowest BCUT2D eigenvalue weighted by Gasteiger charge is -2.06. The maximum atomic E-state index is 11.0. The largest absolute Gasteiger partial charge is 0.484 e. The third-order valence-electron chi connectivity index (χ3n) is 2.27. The SMILES string of the molecule is CC(=O)c1ccc(OCC2=NCCO2)cc1. The van der Waals surface area contributed by atoms with E-state index in [0.29, 0.717) is 37.0 Å². The summed E-state index contributed by atoms with van der Waals surface area (Å²) in [6.07, 6.45) is 0. The van der Waals surface area contributed by atoms with Crippen LogP contribution in [0.15, 0.2) is 29.3 Å². The van der Waals surface area contributed by atoms with Gasteiger partial charge in [-0.25, -0.2) is 4.99 Å². The Morgan fingerprint density at radius 1 is 1.44 bits per heavy atom. The molecule has 0 saturated heterocycles. The molecular formula is C12H13NO3. The third kappa shape index (κ3) is 2.59. The number of ether oxygens (including phenoxy) is 2. The fourth-order valence-electron chi connectivity index (χ4n) is 1.40. The molecule has 0 aliphatic carbocycles. The topological polar surface area (TPSA) is 47.9 Å². The predicted octanol–water partition coefficient (Wildman–Crippen LogP) is 1.70. The van der Waals surface area contributed by atoms with Gasteiger partial charge in [0.2, 0.25) is 5.90 Å². The van der Waals surface area contributed by atoms with Crippen molar-refractivity contribution in [1.82, 2.24) is 0 Å². The van der Waals surface area contributed by atoms with Crippen molar-refractivity contribution in [3.8, 4) is 5.75 Å². The van der Waals surface area contributed by atoms with E-state index in [4.69, 9.17) is 9.47 Å². The lowest BCUT2D eigenvalue weighted by molar-refractivity contribution is 0.101. The quantitative estimate of drug-likeness (QED) is 0.724. The fraction of sp³-hybridized carbons (Fsp3) is 0.333. The number of Topliss-reactive ketones (excluding diaryl/α,β-unsaturated/α-hetero) is 1. The molecule has 0 bridgehead atoms. The van der Waals surface area contributed by atoms with E-state index in [1.807, 2.05) is 0 Å². The van der Waals surface area contributed by atoms with Gasteiger partial charge in [0.25, 0.3) is 0 Å². The van der Waals surface area contributed by atoms with Gasteiger partial charge in [0, 0.05) is 5.56 Å². The predicted molar refractivity (Wildman–Crippen MR) is 60.2 cm³/mol. The molecule has 1 aliphatic rings. The second kappa shape index (κ2) is 4.79. The minimum absolute atomic E-state index is 0.0510. The molecule has 1 aliphatic heterocycles. The van der Waals surface area contributed by atoms with Crippen LogP contribution in [0.25, 0.3) is 0 Å². The molecule has 0 radical (unpaired) electrons. The summed E-state index contributed by atoms with van der Waals surface area (Å²) in [7, 11) is 0. The van der Waals surface area contributed by atoms with Gasteiger partial charge < -0.3 is 9.47 Å². The molecule has 0 amide bonds. The van der Waals surface area contributed by atoms with Crippen LogP contribution in [0.3, 0.4) is 0 Å². The van der Waals surface area contributed by atoms with Gasteiger partial charge in [-0.05, 0) is 31.2 Å². The molecule has 1 aromatic carbocycles. The van der Waals surface area contributed by atoms with Gasteiger partial charge in [0.15, 0.2) is 12.4 Å². The zero-order chi connectivity index (χ0) is 11.4. The minimum Gasteiger partial charge on any atom is -0.484 e. The number of carbonyl (C=O) groups is 1. The van der Waals surface area contributed by atoms with Crippen LogP contribution in [0.2, 0.25) is 0 Å². The number of ketones is 1. The van der Waals surface area contributed by atoms with Crippen LogP contribution < -0.4 is 4.74 Å². The molecule has 0 aromatic heterocycles. The Morgan fingerprint density at radius 3 is 2.75 bits per heavy atom. The zero-order valence-electron chi connectivity index (χ0n) is 9.10. The average Bonchev–Trinajstić information content (AvgIpc) is 2.80. The van der Waals surface area contributed by atoms with Crippen molar-refractivity contribution in [2.24, 2.45) is 4.99 Å². The first-order valence-electron chi connectivity index (χ1n) is 5.15. The highest BCUT2D eigenvalue weighted by atomic mass is 16.5. The summed E-state index contributed by atoms with van der Waals surface area (Å²) in [5.41, 5.74) is 0.682. The first-order valence-corrected chi connectivity index (χ1v) is 5.15. The van der Waals surface area contributed by atoms with Crippen molar-refractivity contribution < 1.29 is 14.3 Å². The molecule has 4 nitrogen and oxygen atoms in total. The second-order valence-corrected chi connectivity index (χ2v) is 3.49. The average molecular weight is 219 g/mol. The van der Waals surface area contributed by atoms with E-state index in [-0.39, 0.29) is 5.78 Å². The minimum atomic E-state index is 0.0510. The van der Waals surface area contributed by atoms with E-state index >= 15 is 0 Å². The number of rotatable bonds is 4. The summed E-state index contributed by atoms with van der Waals surface area (Å²) >= 11 is 0. The van der Waals surface area contributed by atoms with Gasteiger partial charge in [0.05, 0.1) is 6.54 Å². The number of nitrogens with zero attached hydrogens (tertiary/aromatic N) is 1. The number of aliphatic imine (C=N–C) groups is 1. The van der Waals surface area contributed by atoms with Crippen LogP contribution in [0.1, 0.15) is 17.3 Å². The molecule has 0 fully saturated rings. The Bertz CT molecular complexity index is 409. The number of hydrogen-bond acceptors (Lipinski definition) is 4. The van der Waals surface area contributed by atoms with Gasteiger partial charge in [-0.3, -0.25) is 4.79 Å². The summed E-state index contributed by atoms with van der Waals surface area (Å²) < 4.78 is 10.7. The molecule has 1 aromatic rings. The van der Waals surface area contributed by atoms with Crippen LogP contribution >= 0.6 is 0 Å². The van der Waals surface area contributed by atoms with Crippen molar-refractivity contribution in [2.45, 2.75) is 6.92 Å². The van der Waals surface area contributed by atoms with Crippen molar-refractivity contribution in [2.75, 3.05) is 19.8 Å². The van der Waals surface area contributed by atoms with Gasteiger partial charge >= 0.3 is 0 Å². The Kier molecular flexibility index (Phi) is 3.19. The molecule has 2 rings (SSSR count). The number of benzene rings is 1. The van der Waals surface area contributed by atoms with E-state index in [9.17, 15) is 4.79 Å². The molecule has 4 heteroatoms. The Morgan fingerprint density at radius 2 is 2.19 bits per heavy atom. The third-order valence-corrected chi connectivity index (χ3v) is 2.27. The first-order chi connectivity index (χ1) is 7.75. The normalized spacial score (nSPS) is 14.2. The van der Waals surface area contributed by atoms with Crippen molar-refractivity contribution >= 4 is 11.7 Å². The van der Waals surface area contributed by atoms with E-state index in [2.05, 4.69) is 4.99 Å². The lowest BCUT2D eigenvalue weighted by atomic mass is 10.1. The van der Waals surface area contributed by atoms with Crippen LogP contribution in [0, 0.1) is 0 Å². The molecule has 0 atom stereocenters. The monoisotopic (exact) mass is 219 g/mol. The van der Waals surface area contributed by atoms with Gasteiger partial charge in [0.1, 0.15) is 12.4 Å². The first kappa shape index (κ1) is 10.7. The summed E-state index contributed by atoms with van der Waals surface area (Å²) in [6.45, 7) is 3.24. The molecule has 1 heterocycles. The van der Waals surface area contributed by atoms with Crippen LogP contribution in [-0.4, -0.2) is 31.4 Å². The van der Waals surface area contributed by atoms with Crippen molar-refractivity contribution in [3.05, 3.63) is 29.8 Å². The van der Waals surface area contributed by atoms with Gasteiger partial charge in [-0.15, -0.1) is 0 Å². The summed E-state index contributed by atoms with van der Waals surface area (Å²) in [5, 5.41) is 0. The summed E-state index contributed by atoms with van der Waals surface area (Å²) in [6, 6.07) is 7.03. The molecule has 0 spiro atoms. The van der Waals surface area contributed by atoms with Crippen molar-refractivity contribution in [1.29, 1.82) is 0 Å². The maximum absolute atomic E-state index is 11.0. The van der Waals surface area contributed by atoms with E-state index in [1.165, 1.54) is 6.92 Å². The highest BCUT2D eigenvalue weighted by molar-refractivity contribution is 5.94. The lowest BCUT2D eigenvalue weighted by Crippen LogP contribution is -2.11. The van der Waals surface area contributed by atoms with E-state index < -0.39 is 0 Å². The molecule has 0 saturated carbocycles. The molecule has 0 N–H and O–H groups in total.